The number of carbonyl (C=O) groups excluding carboxylic acids is 1. The van der Waals surface area contributed by atoms with Crippen LogP contribution in [0.25, 0.3) is 10.9 Å². The molecule has 1 N–H and O–H groups in total. The number of aryl methyl sites for hydroxylation is 2. The van der Waals surface area contributed by atoms with Crippen LogP contribution in [0.4, 0.5) is 0 Å². The van der Waals surface area contributed by atoms with E-state index >= 15 is 0 Å². The van der Waals surface area contributed by atoms with Crippen LogP contribution in [-0.2, 0) is 13.5 Å². The highest BCUT2D eigenvalue weighted by molar-refractivity contribution is 6.38. The maximum atomic E-state index is 13.2. The van der Waals surface area contributed by atoms with Gasteiger partial charge in [0, 0.05) is 54.8 Å². The highest BCUT2D eigenvalue weighted by atomic mass is 35.5. The number of aromatic nitrogens is 1. The van der Waals surface area contributed by atoms with Gasteiger partial charge in [0.1, 0.15) is 0 Å². The minimum absolute atomic E-state index is 0.0769. The van der Waals surface area contributed by atoms with Crippen molar-refractivity contribution in [1.29, 1.82) is 5.26 Å². The Hall–Kier alpha value is -2.52. The van der Waals surface area contributed by atoms with Crippen molar-refractivity contribution in [3.05, 3.63) is 68.3 Å². The topological polar surface area (TPSA) is 69.3 Å². The van der Waals surface area contributed by atoms with Crippen molar-refractivity contribution in [2.45, 2.75) is 32.6 Å². The van der Waals surface area contributed by atoms with Gasteiger partial charge in [-0.05, 0) is 73.6 Å². The number of aliphatic hydroxyl groups excluding tert-OH is 1. The average molecular weight is 484 g/mol. The number of hydrogen-bond donors (Lipinski definition) is 1. The zero-order valence-electron chi connectivity index (χ0n) is 18.9. The highest BCUT2D eigenvalue weighted by Crippen LogP contribution is 2.34. The summed E-state index contributed by atoms with van der Waals surface area (Å²) >= 11 is 13.3. The normalized spacial score (nSPS) is 14.6. The summed E-state index contributed by atoms with van der Waals surface area (Å²) in [7, 11) is 1.96. The molecule has 0 radical (unpaired) electrons. The van der Waals surface area contributed by atoms with Gasteiger partial charge in [0.15, 0.2) is 0 Å². The van der Waals surface area contributed by atoms with Gasteiger partial charge in [-0.1, -0.05) is 23.2 Å². The number of nitriles is 1. The van der Waals surface area contributed by atoms with Crippen LogP contribution in [-0.4, -0.2) is 40.2 Å². The van der Waals surface area contributed by atoms with Gasteiger partial charge in [0.25, 0.3) is 5.91 Å². The summed E-state index contributed by atoms with van der Waals surface area (Å²) in [5.74, 6) is 0.388. The number of halogens is 2. The molecule has 1 fully saturated rings. The van der Waals surface area contributed by atoms with Crippen molar-refractivity contribution < 1.29 is 9.90 Å². The fourth-order valence-corrected chi connectivity index (χ4v) is 5.37. The van der Waals surface area contributed by atoms with Gasteiger partial charge < -0.3 is 14.6 Å². The lowest BCUT2D eigenvalue weighted by Gasteiger charge is -2.32. The van der Waals surface area contributed by atoms with E-state index in [-0.39, 0.29) is 12.5 Å². The van der Waals surface area contributed by atoms with Crippen LogP contribution in [0.15, 0.2) is 30.3 Å². The van der Waals surface area contributed by atoms with Crippen molar-refractivity contribution in [2.24, 2.45) is 13.0 Å². The molecular weight excluding hydrogens is 457 g/mol. The minimum Gasteiger partial charge on any atom is -0.396 e. The predicted molar refractivity (Wildman–Crippen MR) is 132 cm³/mol. The lowest BCUT2D eigenvalue weighted by atomic mass is 9.93. The molecular formula is C26H27Cl2N3O2. The summed E-state index contributed by atoms with van der Waals surface area (Å²) < 4.78 is 2.05. The van der Waals surface area contributed by atoms with Gasteiger partial charge in [-0.25, -0.2) is 0 Å². The van der Waals surface area contributed by atoms with E-state index in [2.05, 4.69) is 16.7 Å². The van der Waals surface area contributed by atoms with Gasteiger partial charge in [0.2, 0.25) is 0 Å². The first-order valence-electron chi connectivity index (χ1n) is 11.2. The Kier molecular flexibility index (Phi) is 6.99. The maximum absolute atomic E-state index is 13.2. The fourth-order valence-electron chi connectivity index (χ4n) is 4.78. The molecule has 2 heterocycles. The third-order valence-electron chi connectivity index (χ3n) is 6.81. The van der Waals surface area contributed by atoms with Crippen LogP contribution >= 0.6 is 23.2 Å². The van der Waals surface area contributed by atoms with E-state index in [0.29, 0.717) is 46.6 Å². The Bertz CT molecular complexity index is 1250. The number of amides is 1. The maximum Gasteiger partial charge on any atom is 0.255 e. The Balaban J connectivity index is 1.63. The first kappa shape index (κ1) is 23.6. The number of fused-ring (bicyclic) bond motifs is 1. The van der Waals surface area contributed by atoms with Gasteiger partial charge in [-0.3, -0.25) is 4.79 Å². The van der Waals surface area contributed by atoms with E-state index < -0.39 is 0 Å². The summed E-state index contributed by atoms with van der Waals surface area (Å²) in [4.78, 5) is 15.1. The lowest BCUT2D eigenvalue weighted by molar-refractivity contribution is 0.0678. The molecule has 1 amide bonds. The third-order valence-corrected chi connectivity index (χ3v) is 7.60. The van der Waals surface area contributed by atoms with E-state index in [1.165, 1.54) is 0 Å². The summed E-state index contributed by atoms with van der Waals surface area (Å²) in [6.45, 7) is 3.52. The number of likely N-dealkylation sites (tertiary alicyclic amines) is 1. The Morgan fingerprint density at radius 2 is 1.94 bits per heavy atom. The second kappa shape index (κ2) is 9.77. The molecule has 4 rings (SSSR count). The van der Waals surface area contributed by atoms with E-state index in [1.807, 2.05) is 31.0 Å². The monoisotopic (exact) mass is 483 g/mol. The van der Waals surface area contributed by atoms with E-state index in [4.69, 9.17) is 28.3 Å². The van der Waals surface area contributed by atoms with Crippen molar-refractivity contribution in [3.63, 3.8) is 0 Å². The van der Waals surface area contributed by atoms with Crippen LogP contribution in [0, 0.1) is 24.2 Å². The van der Waals surface area contributed by atoms with Crippen molar-refractivity contribution in [2.75, 3.05) is 19.7 Å². The van der Waals surface area contributed by atoms with Crippen LogP contribution in [0.2, 0.25) is 10.0 Å². The molecule has 1 aromatic heterocycles. The van der Waals surface area contributed by atoms with Crippen LogP contribution in [0.1, 0.15) is 52.0 Å². The fraction of sp³-hybridized carbons (Fsp3) is 0.385. The molecule has 0 bridgehead atoms. The van der Waals surface area contributed by atoms with Crippen LogP contribution < -0.4 is 0 Å². The van der Waals surface area contributed by atoms with Crippen molar-refractivity contribution in [3.8, 4) is 6.07 Å². The molecule has 5 nitrogen and oxygen atoms in total. The quantitative estimate of drug-likeness (QED) is 0.521. The number of benzene rings is 2. The highest BCUT2D eigenvalue weighted by Gasteiger charge is 2.26. The van der Waals surface area contributed by atoms with Gasteiger partial charge in [0.05, 0.1) is 22.2 Å². The molecule has 0 aliphatic carbocycles. The lowest BCUT2D eigenvalue weighted by Crippen LogP contribution is -2.38. The molecule has 3 aromatic rings. The Labute approximate surface area is 204 Å². The number of nitrogens with zero attached hydrogens (tertiary/aromatic N) is 3. The van der Waals surface area contributed by atoms with E-state index in [9.17, 15) is 10.1 Å². The summed E-state index contributed by atoms with van der Waals surface area (Å²) in [6.07, 6.45) is 3.05. The van der Waals surface area contributed by atoms with Crippen LogP contribution in [0.5, 0.6) is 0 Å². The molecule has 1 saturated heterocycles. The SMILES string of the molecule is Cc1cc(C#N)cc2c1cc(Cc1c(Cl)ccc(C(=O)N3CCC(CCO)CC3)c1Cl)n2C. The third kappa shape index (κ3) is 4.61. The summed E-state index contributed by atoms with van der Waals surface area (Å²) in [5, 5.41) is 20.5. The smallest absolute Gasteiger partial charge is 0.255 e. The van der Waals surface area contributed by atoms with Gasteiger partial charge in [-0.2, -0.15) is 5.26 Å². The first-order valence-corrected chi connectivity index (χ1v) is 12.0. The number of carbonyl (C=O) groups is 1. The van der Waals surface area contributed by atoms with Crippen molar-refractivity contribution >= 4 is 40.0 Å². The van der Waals surface area contributed by atoms with Gasteiger partial charge in [-0.15, -0.1) is 0 Å². The van der Waals surface area contributed by atoms with E-state index in [0.717, 1.165) is 47.0 Å². The van der Waals surface area contributed by atoms with E-state index in [1.54, 1.807) is 12.1 Å². The minimum atomic E-state index is -0.0769. The first-order chi connectivity index (χ1) is 15.8. The zero-order valence-corrected chi connectivity index (χ0v) is 20.4. The molecule has 1 aliphatic heterocycles. The van der Waals surface area contributed by atoms with Gasteiger partial charge >= 0.3 is 0 Å². The number of piperidine rings is 1. The molecule has 33 heavy (non-hydrogen) atoms. The molecule has 2 aromatic carbocycles. The molecule has 7 heteroatoms. The molecule has 0 saturated carbocycles. The largest absolute Gasteiger partial charge is 0.396 e. The molecule has 172 valence electrons. The second-order valence-electron chi connectivity index (χ2n) is 8.84. The standard InChI is InChI=1S/C26H27Cl2N3O2/c1-16-11-18(15-29)12-24-21(16)13-19(30(24)2)14-22-23(27)4-3-20(25(22)28)26(33)31-8-5-17(6-9-31)7-10-32/h3-4,11-13,17,32H,5-10,14H2,1-2H3. The molecule has 1 aliphatic rings. The predicted octanol–water partition coefficient (Wildman–Crippen LogP) is 5.49. The Morgan fingerprint density at radius 1 is 1.21 bits per heavy atom. The average Bonchev–Trinajstić information content (AvgIpc) is 3.13. The van der Waals surface area contributed by atoms with Crippen molar-refractivity contribution in [1.82, 2.24) is 9.47 Å². The number of aliphatic hydroxyl groups is 1. The number of rotatable bonds is 5. The molecule has 0 atom stereocenters. The molecule has 0 unspecified atom stereocenters. The molecule has 0 spiro atoms. The zero-order chi connectivity index (χ0) is 23.7. The summed E-state index contributed by atoms with van der Waals surface area (Å²) in [6, 6.07) is 11.5. The number of hydrogen-bond acceptors (Lipinski definition) is 3. The summed E-state index contributed by atoms with van der Waals surface area (Å²) in [5.41, 5.74) is 4.84. The second-order valence-corrected chi connectivity index (χ2v) is 9.63. The Morgan fingerprint density at radius 3 is 2.61 bits per heavy atom. The van der Waals surface area contributed by atoms with Crippen LogP contribution in [0.3, 0.4) is 0 Å².